The lowest BCUT2D eigenvalue weighted by Crippen LogP contribution is -2.21. The van der Waals surface area contributed by atoms with E-state index >= 15 is 0 Å². The lowest BCUT2D eigenvalue weighted by molar-refractivity contribution is 0.236. The van der Waals surface area contributed by atoms with Crippen molar-refractivity contribution >= 4 is 15.7 Å². The molecule has 0 aliphatic heterocycles. The van der Waals surface area contributed by atoms with Gasteiger partial charge in [-0.2, -0.15) is 13.7 Å². The lowest BCUT2D eigenvalue weighted by Gasteiger charge is -2.24. The molecule has 0 saturated carbocycles. The summed E-state index contributed by atoms with van der Waals surface area (Å²) in [6.45, 7) is 0. The van der Waals surface area contributed by atoms with Gasteiger partial charge in [0.2, 0.25) is 0 Å². The Labute approximate surface area is 113 Å². The summed E-state index contributed by atoms with van der Waals surface area (Å²) >= 11 is 0. The van der Waals surface area contributed by atoms with E-state index in [0.29, 0.717) is 12.8 Å². The van der Waals surface area contributed by atoms with Gasteiger partial charge in [-0.1, -0.05) is 30.3 Å². The molecule has 0 amide bonds. The van der Waals surface area contributed by atoms with Crippen molar-refractivity contribution in [1.29, 1.82) is 5.26 Å². The highest BCUT2D eigenvalue weighted by molar-refractivity contribution is 7.86. The molecule has 0 fully saturated rings. The maximum absolute atomic E-state index is 11.2. The molecule has 2 rings (SSSR count). The van der Waals surface area contributed by atoms with Gasteiger partial charge in [0.05, 0.1) is 24.3 Å². The fourth-order valence-electron chi connectivity index (χ4n) is 2.25. The van der Waals surface area contributed by atoms with E-state index in [0.717, 1.165) is 17.4 Å². The van der Waals surface area contributed by atoms with Crippen LogP contribution in [0.4, 0.5) is 0 Å². The zero-order chi connectivity index (χ0) is 13.9. The second kappa shape index (κ2) is 5.55. The number of benzene rings is 1. The van der Waals surface area contributed by atoms with Gasteiger partial charge in [0.1, 0.15) is 0 Å². The fraction of sp³-hybridized carbons (Fsp3) is 0.357. The van der Waals surface area contributed by atoms with Crippen LogP contribution in [0.2, 0.25) is 0 Å². The predicted molar refractivity (Wildman–Crippen MR) is 72.5 cm³/mol. The van der Waals surface area contributed by atoms with E-state index in [4.69, 9.17) is 4.18 Å². The van der Waals surface area contributed by atoms with Crippen molar-refractivity contribution in [2.45, 2.75) is 18.9 Å². The SMILES string of the molecule is CS(=O)(=O)OC1C=C(c2ccccc2)C(C#N)CC1. The van der Waals surface area contributed by atoms with Crippen LogP contribution in [-0.4, -0.2) is 20.8 Å². The molecule has 4 nitrogen and oxygen atoms in total. The van der Waals surface area contributed by atoms with Crippen LogP contribution in [0, 0.1) is 17.2 Å². The zero-order valence-corrected chi connectivity index (χ0v) is 11.4. The van der Waals surface area contributed by atoms with Gasteiger partial charge < -0.3 is 0 Å². The van der Waals surface area contributed by atoms with Crippen LogP contribution in [0.1, 0.15) is 18.4 Å². The summed E-state index contributed by atoms with van der Waals surface area (Å²) in [5, 5.41) is 9.19. The lowest BCUT2D eigenvalue weighted by atomic mass is 9.83. The molecule has 1 aromatic rings. The highest BCUT2D eigenvalue weighted by atomic mass is 32.2. The summed E-state index contributed by atoms with van der Waals surface area (Å²) in [5.74, 6) is -0.207. The molecule has 0 saturated heterocycles. The van der Waals surface area contributed by atoms with Gasteiger partial charge in [0.25, 0.3) is 10.1 Å². The van der Waals surface area contributed by atoms with Gasteiger partial charge in [0, 0.05) is 0 Å². The minimum absolute atomic E-state index is 0.207. The Morgan fingerprint density at radius 1 is 1.26 bits per heavy atom. The van der Waals surface area contributed by atoms with E-state index < -0.39 is 16.2 Å². The molecule has 0 heterocycles. The summed E-state index contributed by atoms with van der Waals surface area (Å²) in [4.78, 5) is 0. The van der Waals surface area contributed by atoms with Crippen molar-refractivity contribution in [3.63, 3.8) is 0 Å². The number of hydrogen-bond acceptors (Lipinski definition) is 4. The van der Waals surface area contributed by atoms with Crippen molar-refractivity contribution in [3.05, 3.63) is 42.0 Å². The van der Waals surface area contributed by atoms with Crippen molar-refractivity contribution in [3.8, 4) is 6.07 Å². The van der Waals surface area contributed by atoms with Crippen LogP contribution in [0.3, 0.4) is 0 Å². The average Bonchev–Trinajstić information content (AvgIpc) is 2.38. The maximum atomic E-state index is 11.2. The second-order valence-electron chi connectivity index (χ2n) is 4.59. The highest BCUT2D eigenvalue weighted by Gasteiger charge is 2.26. The van der Waals surface area contributed by atoms with Gasteiger partial charge >= 0.3 is 0 Å². The number of hydrogen-bond donors (Lipinski definition) is 0. The Bertz CT molecular complexity index is 614. The Kier molecular flexibility index (Phi) is 4.03. The topological polar surface area (TPSA) is 67.2 Å². The van der Waals surface area contributed by atoms with Gasteiger partial charge in [0.15, 0.2) is 0 Å². The molecule has 0 radical (unpaired) electrons. The quantitative estimate of drug-likeness (QED) is 0.795. The summed E-state index contributed by atoms with van der Waals surface area (Å²) < 4.78 is 27.4. The highest BCUT2D eigenvalue weighted by Crippen LogP contribution is 2.33. The molecule has 0 N–H and O–H groups in total. The number of allylic oxidation sites excluding steroid dienone is 1. The molecule has 1 aliphatic carbocycles. The third kappa shape index (κ3) is 3.66. The number of nitrogens with zero attached hydrogens (tertiary/aromatic N) is 1. The molecule has 2 atom stereocenters. The summed E-state index contributed by atoms with van der Waals surface area (Å²) in [6, 6.07) is 11.8. The third-order valence-electron chi connectivity index (χ3n) is 3.04. The van der Waals surface area contributed by atoms with Crippen LogP contribution in [-0.2, 0) is 14.3 Å². The molecular formula is C14H15NO3S. The molecule has 2 unspecified atom stereocenters. The minimum atomic E-state index is -3.48. The standard InChI is InChI=1S/C14H15NO3S/c1-19(16,17)18-13-8-7-12(10-15)14(9-13)11-5-3-2-4-6-11/h2-6,9,12-13H,7-8H2,1H3. The largest absolute Gasteiger partial charge is 0.264 e. The third-order valence-corrected chi connectivity index (χ3v) is 3.64. The molecular weight excluding hydrogens is 262 g/mol. The van der Waals surface area contributed by atoms with E-state index in [1.165, 1.54) is 0 Å². The number of nitriles is 1. The first-order chi connectivity index (χ1) is 8.99. The monoisotopic (exact) mass is 277 g/mol. The summed E-state index contributed by atoms with van der Waals surface area (Å²) in [5.41, 5.74) is 1.79. The van der Waals surface area contributed by atoms with E-state index in [-0.39, 0.29) is 5.92 Å². The second-order valence-corrected chi connectivity index (χ2v) is 6.19. The summed E-state index contributed by atoms with van der Waals surface area (Å²) in [7, 11) is -3.48. The van der Waals surface area contributed by atoms with Crippen molar-refractivity contribution in [2.75, 3.05) is 6.26 Å². The van der Waals surface area contributed by atoms with Gasteiger partial charge in [-0.25, -0.2) is 0 Å². The molecule has 19 heavy (non-hydrogen) atoms. The van der Waals surface area contributed by atoms with E-state index in [1.807, 2.05) is 30.3 Å². The first kappa shape index (κ1) is 13.8. The average molecular weight is 277 g/mol. The molecule has 100 valence electrons. The van der Waals surface area contributed by atoms with Gasteiger partial charge in [-0.05, 0) is 30.1 Å². The van der Waals surface area contributed by atoms with E-state index in [2.05, 4.69) is 6.07 Å². The van der Waals surface area contributed by atoms with Crippen LogP contribution in [0.5, 0.6) is 0 Å². The maximum Gasteiger partial charge on any atom is 0.264 e. The zero-order valence-electron chi connectivity index (χ0n) is 10.6. The predicted octanol–water partition coefficient (Wildman–Crippen LogP) is 2.35. The fourth-order valence-corrected chi connectivity index (χ4v) is 2.85. The van der Waals surface area contributed by atoms with Crippen LogP contribution in [0.25, 0.3) is 5.57 Å². The Morgan fingerprint density at radius 2 is 1.95 bits per heavy atom. The van der Waals surface area contributed by atoms with Gasteiger partial charge in [-0.3, -0.25) is 4.18 Å². The van der Waals surface area contributed by atoms with Crippen LogP contribution in [0.15, 0.2) is 36.4 Å². The smallest absolute Gasteiger partial charge is 0.263 e. The minimum Gasteiger partial charge on any atom is -0.263 e. The molecule has 1 aromatic carbocycles. The van der Waals surface area contributed by atoms with E-state index in [1.54, 1.807) is 6.08 Å². The van der Waals surface area contributed by atoms with Crippen molar-refractivity contribution < 1.29 is 12.6 Å². The Balaban J connectivity index is 2.33. The molecule has 0 spiro atoms. The molecule has 0 bridgehead atoms. The molecule has 5 heteroatoms. The van der Waals surface area contributed by atoms with E-state index in [9.17, 15) is 13.7 Å². The van der Waals surface area contributed by atoms with Crippen LogP contribution < -0.4 is 0 Å². The normalized spacial score (nSPS) is 23.5. The van der Waals surface area contributed by atoms with Crippen LogP contribution >= 0.6 is 0 Å². The van der Waals surface area contributed by atoms with Crippen molar-refractivity contribution in [1.82, 2.24) is 0 Å². The first-order valence-electron chi connectivity index (χ1n) is 6.04. The summed E-state index contributed by atoms with van der Waals surface area (Å²) in [6.07, 6.45) is 3.47. The number of rotatable bonds is 3. The molecule has 1 aliphatic rings. The molecule has 0 aromatic heterocycles. The Hall–Kier alpha value is -1.64. The van der Waals surface area contributed by atoms with Crippen molar-refractivity contribution in [2.24, 2.45) is 5.92 Å². The first-order valence-corrected chi connectivity index (χ1v) is 7.86. The Morgan fingerprint density at radius 3 is 2.53 bits per heavy atom. The van der Waals surface area contributed by atoms with Gasteiger partial charge in [-0.15, -0.1) is 0 Å².